The van der Waals surface area contributed by atoms with Crippen molar-refractivity contribution in [2.75, 3.05) is 18.0 Å². The molecule has 0 radical (unpaired) electrons. The molecule has 0 saturated heterocycles. The number of hydrogen-bond acceptors (Lipinski definition) is 5. The van der Waals surface area contributed by atoms with Gasteiger partial charge in [0, 0.05) is 23.5 Å². The van der Waals surface area contributed by atoms with Gasteiger partial charge < -0.3 is 15.0 Å². The third-order valence-electron chi connectivity index (χ3n) is 7.08. The van der Waals surface area contributed by atoms with Gasteiger partial charge in [-0.25, -0.2) is 12.8 Å². The summed E-state index contributed by atoms with van der Waals surface area (Å²) in [6, 6.07) is 25.7. The van der Waals surface area contributed by atoms with Crippen LogP contribution in [0.1, 0.15) is 31.9 Å². The lowest BCUT2D eigenvalue weighted by Gasteiger charge is -2.35. The second-order valence-corrected chi connectivity index (χ2v) is 14.1. The number of sulfonamides is 1. The Balaban J connectivity index is 1.81. The molecule has 1 N–H and O–H groups in total. The average Bonchev–Trinajstić information content (AvgIpc) is 3.02. The Morgan fingerprint density at radius 1 is 0.870 bits per heavy atom. The van der Waals surface area contributed by atoms with E-state index in [-0.39, 0.29) is 23.5 Å². The highest BCUT2D eigenvalue weighted by Gasteiger charge is 2.35. The molecule has 0 saturated carbocycles. The van der Waals surface area contributed by atoms with E-state index in [0.717, 1.165) is 9.87 Å². The Hall–Kier alpha value is -4.41. The number of benzene rings is 4. The van der Waals surface area contributed by atoms with Crippen LogP contribution in [0.25, 0.3) is 0 Å². The molecular weight excluding hydrogens is 629 g/mol. The van der Waals surface area contributed by atoms with Crippen molar-refractivity contribution in [3.05, 3.63) is 125 Å². The third-order valence-corrected chi connectivity index (χ3v) is 9.12. The monoisotopic (exact) mass is 665 g/mol. The zero-order chi connectivity index (χ0) is 33.5. The van der Waals surface area contributed by atoms with E-state index in [9.17, 15) is 22.4 Å². The number of amides is 2. The van der Waals surface area contributed by atoms with Crippen LogP contribution in [-0.2, 0) is 32.6 Å². The van der Waals surface area contributed by atoms with Gasteiger partial charge in [0.05, 0.1) is 17.7 Å². The molecule has 242 valence electrons. The fourth-order valence-electron chi connectivity index (χ4n) is 4.80. The summed E-state index contributed by atoms with van der Waals surface area (Å²) in [5, 5.41) is 3.36. The summed E-state index contributed by atoms with van der Waals surface area (Å²) in [7, 11) is -2.82. The Kier molecular flexibility index (Phi) is 11.1. The predicted molar refractivity (Wildman–Crippen MR) is 178 cm³/mol. The van der Waals surface area contributed by atoms with E-state index in [1.807, 2.05) is 51.1 Å². The number of ether oxygens (including phenoxy) is 1. The van der Waals surface area contributed by atoms with Crippen molar-refractivity contribution in [3.8, 4) is 5.75 Å². The minimum absolute atomic E-state index is 0.0626. The number of carbonyl (C=O) groups excluding carboxylic acids is 2. The molecule has 4 aromatic rings. The molecule has 8 nitrogen and oxygen atoms in total. The highest BCUT2D eigenvalue weighted by atomic mass is 35.5. The number of nitrogens with zero attached hydrogens (tertiary/aromatic N) is 2. The van der Waals surface area contributed by atoms with Crippen LogP contribution in [0.3, 0.4) is 0 Å². The molecule has 0 aliphatic rings. The summed E-state index contributed by atoms with van der Waals surface area (Å²) in [6.45, 7) is 4.79. The number of rotatable bonds is 12. The standard InChI is InChI=1S/C35H37ClFN3O5S/c1-35(2,3)38-34(42)32(22-25-8-6-5-7-9-25)39(23-26-10-14-28(37)15-11-26)33(41)24-40(29-16-12-27(36)13-17-29)46(43,44)31-20-18-30(45-4)19-21-31/h5-21,32H,22-24H2,1-4H3,(H,38,42)/t32-/m1/s1. The number of halogens is 2. The Bertz CT molecular complexity index is 1730. The molecule has 0 unspecified atom stereocenters. The topological polar surface area (TPSA) is 96.0 Å². The first-order valence-corrected chi connectivity index (χ1v) is 16.4. The molecule has 4 rings (SSSR count). The minimum atomic E-state index is -4.30. The number of hydrogen-bond donors (Lipinski definition) is 1. The van der Waals surface area contributed by atoms with Crippen LogP contribution in [0, 0.1) is 5.82 Å². The van der Waals surface area contributed by atoms with Crippen molar-refractivity contribution in [2.24, 2.45) is 0 Å². The fourth-order valence-corrected chi connectivity index (χ4v) is 6.34. The van der Waals surface area contributed by atoms with Gasteiger partial charge in [0.2, 0.25) is 11.8 Å². The van der Waals surface area contributed by atoms with E-state index in [0.29, 0.717) is 16.3 Å². The van der Waals surface area contributed by atoms with Crippen LogP contribution in [0.2, 0.25) is 5.02 Å². The summed E-state index contributed by atoms with van der Waals surface area (Å²) in [5.74, 6) is -1.04. The molecular formula is C35H37ClFN3O5S. The Morgan fingerprint density at radius 3 is 2.04 bits per heavy atom. The molecule has 0 aliphatic carbocycles. The van der Waals surface area contributed by atoms with Crippen molar-refractivity contribution in [3.63, 3.8) is 0 Å². The number of carbonyl (C=O) groups is 2. The van der Waals surface area contributed by atoms with Crippen molar-refractivity contribution in [1.29, 1.82) is 0 Å². The first-order valence-electron chi connectivity index (χ1n) is 14.6. The van der Waals surface area contributed by atoms with Gasteiger partial charge in [-0.1, -0.05) is 54.1 Å². The lowest BCUT2D eigenvalue weighted by Crippen LogP contribution is -2.56. The van der Waals surface area contributed by atoms with Crippen molar-refractivity contribution in [2.45, 2.75) is 50.2 Å². The molecule has 0 aromatic heterocycles. The minimum Gasteiger partial charge on any atom is -0.497 e. The van der Waals surface area contributed by atoms with Gasteiger partial charge in [-0.15, -0.1) is 0 Å². The maximum Gasteiger partial charge on any atom is 0.264 e. The zero-order valence-electron chi connectivity index (χ0n) is 26.1. The first-order chi connectivity index (χ1) is 21.8. The molecule has 46 heavy (non-hydrogen) atoms. The number of methoxy groups -OCH3 is 1. The zero-order valence-corrected chi connectivity index (χ0v) is 27.7. The average molecular weight is 666 g/mol. The van der Waals surface area contributed by atoms with Gasteiger partial charge in [0.1, 0.15) is 24.2 Å². The van der Waals surface area contributed by atoms with E-state index in [4.69, 9.17) is 16.3 Å². The predicted octanol–water partition coefficient (Wildman–Crippen LogP) is 6.24. The Morgan fingerprint density at radius 2 is 1.48 bits per heavy atom. The number of anilines is 1. The molecule has 4 aromatic carbocycles. The van der Waals surface area contributed by atoms with Crippen molar-refractivity contribution >= 4 is 39.1 Å². The summed E-state index contributed by atoms with van der Waals surface area (Å²) in [4.78, 5) is 29.7. The van der Waals surface area contributed by atoms with E-state index in [2.05, 4.69) is 5.32 Å². The number of nitrogens with one attached hydrogen (secondary N) is 1. The van der Waals surface area contributed by atoms with Crippen LogP contribution in [0.5, 0.6) is 5.75 Å². The van der Waals surface area contributed by atoms with E-state index in [1.165, 1.54) is 84.8 Å². The van der Waals surface area contributed by atoms with E-state index >= 15 is 0 Å². The molecule has 0 bridgehead atoms. The van der Waals surface area contributed by atoms with E-state index < -0.39 is 45.8 Å². The highest BCUT2D eigenvalue weighted by Crippen LogP contribution is 2.27. The van der Waals surface area contributed by atoms with Crippen LogP contribution in [0.4, 0.5) is 10.1 Å². The van der Waals surface area contributed by atoms with Crippen molar-refractivity contribution in [1.82, 2.24) is 10.2 Å². The molecule has 0 spiro atoms. The van der Waals surface area contributed by atoms with Crippen LogP contribution >= 0.6 is 11.6 Å². The highest BCUT2D eigenvalue weighted by molar-refractivity contribution is 7.92. The second-order valence-electron chi connectivity index (χ2n) is 11.8. The quantitative estimate of drug-likeness (QED) is 0.193. The first kappa shape index (κ1) is 34.5. The summed E-state index contributed by atoms with van der Waals surface area (Å²) < 4.78 is 48.2. The van der Waals surface area contributed by atoms with Gasteiger partial charge in [0.25, 0.3) is 10.0 Å². The van der Waals surface area contributed by atoms with Gasteiger partial charge in [-0.05, 0) is 92.6 Å². The second kappa shape index (κ2) is 14.8. The molecule has 11 heteroatoms. The van der Waals surface area contributed by atoms with Gasteiger partial charge >= 0.3 is 0 Å². The van der Waals surface area contributed by atoms with Gasteiger partial charge in [-0.3, -0.25) is 13.9 Å². The summed E-state index contributed by atoms with van der Waals surface area (Å²) in [6.07, 6.45) is 0.155. The van der Waals surface area contributed by atoms with Gasteiger partial charge in [-0.2, -0.15) is 0 Å². The van der Waals surface area contributed by atoms with Crippen LogP contribution in [-0.4, -0.2) is 50.4 Å². The van der Waals surface area contributed by atoms with Crippen LogP contribution < -0.4 is 14.4 Å². The molecule has 2 amide bonds. The summed E-state index contributed by atoms with van der Waals surface area (Å²) in [5.41, 5.74) is 0.944. The van der Waals surface area contributed by atoms with Crippen molar-refractivity contribution < 1.29 is 27.1 Å². The molecule has 0 aliphatic heterocycles. The lowest BCUT2D eigenvalue weighted by atomic mass is 10.0. The van der Waals surface area contributed by atoms with Gasteiger partial charge in [0.15, 0.2) is 0 Å². The maximum atomic E-state index is 14.5. The smallest absolute Gasteiger partial charge is 0.264 e. The SMILES string of the molecule is COc1ccc(S(=O)(=O)N(CC(=O)N(Cc2ccc(F)cc2)[C@H](Cc2ccccc2)C(=O)NC(C)(C)C)c2ccc(Cl)cc2)cc1. The molecule has 0 heterocycles. The normalized spacial score (nSPS) is 12.2. The lowest BCUT2D eigenvalue weighted by molar-refractivity contribution is -0.140. The Labute approximate surface area is 274 Å². The maximum absolute atomic E-state index is 14.5. The van der Waals surface area contributed by atoms with E-state index in [1.54, 1.807) is 0 Å². The molecule has 1 atom stereocenters. The fraction of sp³-hybridized carbons (Fsp3) is 0.257. The summed E-state index contributed by atoms with van der Waals surface area (Å²) >= 11 is 6.12. The van der Waals surface area contributed by atoms with Crippen LogP contribution in [0.15, 0.2) is 108 Å². The largest absolute Gasteiger partial charge is 0.497 e. The third kappa shape index (κ3) is 9.08. The molecule has 0 fully saturated rings.